The standard InChI is InChI=1S/C19H27NO2S/c1-3-4-5-9-16-20(18-10-7-6-8-11-18)23(21,22)19-14-12-17(2)13-15-19/h12-15,18H,3-8,10-11H2,1-2H3. The molecule has 1 aromatic carbocycles. The average molecular weight is 333 g/mol. The fourth-order valence-corrected chi connectivity index (χ4v) is 4.38. The maximum Gasteiger partial charge on any atom is 0.271 e. The lowest BCUT2D eigenvalue weighted by atomic mass is 9.96. The summed E-state index contributed by atoms with van der Waals surface area (Å²) in [6.45, 7) is 4.07. The molecule has 0 saturated heterocycles. The summed E-state index contributed by atoms with van der Waals surface area (Å²) in [5.74, 6) is 3.07. The van der Waals surface area contributed by atoms with Crippen LogP contribution in [0, 0.1) is 18.9 Å². The van der Waals surface area contributed by atoms with Gasteiger partial charge in [-0.1, -0.05) is 56.2 Å². The molecule has 1 aliphatic carbocycles. The Morgan fingerprint density at radius 1 is 1.13 bits per heavy atom. The normalized spacial score (nSPS) is 15.7. The van der Waals surface area contributed by atoms with Crippen LogP contribution in [0.4, 0.5) is 0 Å². The van der Waals surface area contributed by atoms with Crippen LogP contribution in [0.5, 0.6) is 0 Å². The summed E-state index contributed by atoms with van der Waals surface area (Å²) < 4.78 is 27.5. The molecule has 4 heteroatoms. The van der Waals surface area contributed by atoms with E-state index in [0.29, 0.717) is 4.90 Å². The lowest BCUT2D eigenvalue weighted by Gasteiger charge is -2.30. The minimum absolute atomic E-state index is 0.0178. The van der Waals surface area contributed by atoms with E-state index in [9.17, 15) is 8.42 Å². The fraction of sp³-hybridized carbons (Fsp3) is 0.579. The molecule has 0 bridgehead atoms. The van der Waals surface area contributed by atoms with Crippen molar-refractivity contribution in [3.63, 3.8) is 0 Å². The first-order chi connectivity index (χ1) is 11.1. The molecule has 23 heavy (non-hydrogen) atoms. The Morgan fingerprint density at radius 2 is 1.78 bits per heavy atom. The van der Waals surface area contributed by atoms with Gasteiger partial charge in [-0.2, -0.15) is 0 Å². The summed E-state index contributed by atoms with van der Waals surface area (Å²) >= 11 is 0. The summed E-state index contributed by atoms with van der Waals surface area (Å²) in [6.07, 6.45) is 8.02. The molecule has 3 nitrogen and oxygen atoms in total. The molecule has 1 aromatic rings. The quantitative estimate of drug-likeness (QED) is 0.453. The number of hydrogen-bond acceptors (Lipinski definition) is 2. The van der Waals surface area contributed by atoms with Crippen molar-refractivity contribution in [3.8, 4) is 12.0 Å². The van der Waals surface area contributed by atoms with Crippen LogP contribution < -0.4 is 0 Å². The Labute approximate surface area is 141 Å². The summed E-state index contributed by atoms with van der Waals surface area (Å²) in [5.41, 5.74) is 1.06. The monoisotopic (exact) mass is 333 g/mol. The lowest BCUT2D eigenvalue weighted by Crippen LogP contribution is -2.38. The summed E-state index contributed by atoms with van der Waals surface area (Å²) in [4.78, 5) is 0.346. The van der Waals surface area contributed by atoms with Gasteiger partial charge in [-0.3, -0.25) is 0 Å². The number of rotatable bonds is 5. The van der Waals surface area contributed by atoms with E-state index in [1.165, 1.54) is 10.7 Å². The second-order valence-corrected chi connectivity index (χ2v) is 8.11. The van der Waals surface area contributed by atoms with Gasteiger partial charge in [0.1, 0.15) is 0 Å². The maximum atomic E-state index is 13.0. The zero-order chi connectivity index (χ0) is 16.7. The molecule has 0 aromatic heterocycles. The van der Waals surface area contributed by atoms with Crippen molar-refractivity contribution in [1.29, 1.82) is 0 Å². The lowest BCUT2D eigenvalue weighted by molar-refractivity contribution is 0.315. The zero-order valence-corrected chi connectivity index (χ0v) is 15.0. The smallest absolute Gasteiger partial charge is 0.221 e. The van der Waals surface area contributed by atoms with E-state index in [0.717, 1.165) is 50.5 Å². The summed E-state index contributed by atoms with van der Waals surface area (Å²) in [6, 6.07) is 10.1. The fourth-order valence-electron chi connectivity index (χ4n) is 2.89. The molecule has 0 radical (unpaired) electrons. The first kappa shape index (κ1) is 17.9. The Hall–Kier alpha value is -1.47. The zero-order valence-electron chi connectivity index (χ0n) is 14.2. The highest BCUT2D eigenvalue weighted by Crippen LogP contribution is 2.27. The highest BCUT2D eigenvalue weighted by molar-refractivity contribution is 7.89. The second-order valence-electron chi connectivity index (χ2n) is 6.30. The van der Waals surface area contributed by atoms with Crippen LogP contribution in [-0.2, 0) is 10.0 Å². The molecule has 0 unspecified atom stereocenters. The molecule has 2 rings (SSSR count). The molecule has 0 amide bonds. The topological polar surface area (TPSA) is 37.4 Å². The highest BCUT2D eigenvalue weighted by Gasteiger charge is 2.30. The average Bonchev–Trinajstić information content (AvgIpc) is 2.56. The molecule has 0 N–H and O–H groups in total. The van der Waals surface area contributed by atoms with Gasteiger partial charge in [0.05, 0.1) is 10.9 Å². The van der Waals surface area contributed by atoms with Crippen molar-refractivity contribution in [2.75, 3.05) is 0 Å². The van der Waals surface area contributed by atoms with Crippen molar-refractivity contribution >= 4 is 10.0 Å². The summed E-state index contributed by atoms with van der Waals surface area (Å²) in [7, 11) is -3.54. The van der Waals surface area contributed by atoms with Crippen molar-refractivity contribution in [1.82, 2.24) is 4.31 Å². The molecule has 0 aliphatic heterocycles. The number of hydrogen-bond donors (Lipinski definition) is 0. The van der Waals surface area contributed by atoms with Gasteiger partial charge < -0.3 is 0 Å². The minimum Gasteiger partial charge on any atom is -0.221 e. The molecule has 0 atom stereocenters. The molecule has 0 heterocycles. The third-order valence-electron chi connectivity index (χ3n) is 4.33. The van der Waals surface area contributed by atoms with E-state index in [1.807, 2.05) is 19.1 Å². The molecule has 126 valence electrons. The third-order valence-corrected chi connectivity index (χ3v) is 6.10. The molecule has 1 fully saturated rings. The van der Waals surface area contributed by atoms with Gasteiger partial charge in [0.15, 0.2) is 0 Å². The predicted octanol–water partition coefficient (Wildman–Crippen LogP) is 4.47. The predicted molar refractivity (Wildman–Crippen MR) is 94.4 cm³/mol. The van der Waals surface area contributed by atoms with Crippen LogP contribution in [0.25, 0.3) is 0 Å². The van der Waals surface area contributed by atoms with Crippen molar-refractivity contribution in [3.05, 3.63) is 29.8 Å². The minimum atomic E-state index is -3.54. The van der Waals surface area contributed by atoms with Gasteiger partial charge in [-0.15, -0.1) is 0 Å². The molecular weight excluding hydrogens is 306 g/mol. The van der Waals surface area contributed by atoms with Gasteiger partial charge in [0, 0.05) is 12.5 Å². The molecule has 0 spiro atoms. The van der Waals surface area contributed by atoms with Crippen LogP contribution in [0.1, 0.15) is 63.9 Å². The van der Waals surface area contributed by atoms with Crippen LogP contribution >= 0.6 is 0 Å². The number of aryl methyl sites for hydroxylation is 1. The van der Waals surface area contributed by atoms with E-state index in [4.69, 9.17) is 0 Å². The maximum absolute atomic E-state index is 13.0. The van der Waals surface area contributed by atoms with E-state index in [1.54, 1.807) is 12.1 Å². The number of unbranched alkanes of at least 4 members (excludes halogenated alkanes) is 2. The highest BCUT2D eigenvalue weighted by atomic mass is 32.2. The number of nitrogens with zero attached hydrogens (tertiary/aromatic N) is 1. The van der Waals surface area contributed by atoms with Crippen LogP contribution in [0.3, 0.4) is 0 Å². The molecule has 1 aliphatic rings. The Balaban J connectivity index is 2.29. The van der Waals surface area contributed by atoms with Crippen LogP contribution in [0.2, 0.25) is 0 Å². The van der Waals surface area contributed by atoms with Crippen LogP contribution in [-0.4, -0.2) is 18.8 Å². The van der Waals surface area contributed by atoms with Crippen molar-refractivity contribution in [2.24, 2.45) is 0 Å². The van der Waals surface area contributed by atoms with Gasteiger partial charge >= 0.3 is 0 Å². The van der Waals surface area contributed by atoms with E-state index in [-0.39, 0.29) is 6.04 Å². The Bertz CT molecular complexity index is 647. The largest absolute Gasteiger partial charge is 0.271 e. The molecule has 1 saturated carbocycles. The third kappa shape index (κ3) is 4.75. The van der Waals surface area contributed by atoms with Crippen LogP contribution in [0.15, 0.2) is 29.2 Å². The summed E-state index contributed by atoms with van der Waals surface area (Å²) in [5, 5.41) is 0. The first-order valence-electron chi connectivity index (χ1n) is 8.65. The second kappa shape index (κ2) is 8.40. The van der Waals surface area contributed by atoms with Crippen molar-refractivity contribution in [2.45, 2.75) is 76.2 Å². The SMILES string of the molecule is CCCCC#CN(C1CCCCC1)S(=O)(=O)c1ccc(C)cc1. The van der Waals surface area contributed by atoms with E-state index in [2.05, 4.69) is 18.9 Å². The number of benzene rings is 1. The van der Waals surface area contributed by atoms with Gasteiger partial charge in [0.2, 0.25) is 0 Å². The molecular formula is C19H27NO2S. The van der Waals surface area contributed by atoms with Gasteiger partial charge in [-0.05, 0) is 38.3 Å². The Morgan fingerprint density at radius 3 is 2.39 bits per heavy atom. The van der Waals surface area contributed by atoms with E-state index < -0.39 is 10.0 Å². The van der Waals surface area contributed by atoms with E-state index >= 15 is 0 Å². The van der Waals surface area contributed by atoms with Crippen molar-refractivity contribution < 1.29 is 8.42 Å². The Kier molecular flexibility index (Phi) is 6.53. The van der Waals surface area contributed by atoms with Gasteiger partial charge in [-0.25, -0.2) is 12.7 Å². The first-order valence-corrected chi connectivity index (χ1v) is 10.1. The van der Waals surface area contributed by atoms with Gasteiger partial charge in [0.25, 0.3) is 10.0 Å². The number of sulfonamides is 1.